The molecule has 0 saturated heterocycles. The first-order valence-electron chi connectivity index (χ1n) is 13.9. The molecule has 0 spiro atoms. The predicted molar refractivity (Wildman–Crippen MR) is 150 cm³/mol. The number of carbonyl (C=O) groups is 2. The zero-order chi connectivity index (χ0) is 32.0. The second kappa shape index (κ2) is 11.6. The number of nitrogens with one attached hydrogen (secondary N) is 2. The zero-order valence-electron chi connectivity index (χ0n) is 24.4. The number of esters is 1. The molecule has 44 heavy (non-hydrogen) atoms. The van der Waals surface area contributed by atoms with Crippen molar-refractivity contribution in [2.75, 3.05) is 0 Å². The highest BCUT2D eigenvalue weighted by Gasteiger charge is 2.35. The minimum atomic E-state index is -4.73. The third kappa shape index (κ3) is 6.57. The average Bonchev–Trinajstić information content (AvgIpc) is 3.56. The van der Waals surface area contributed by atoms with Crippen LogP contribution in [0.2, 0.25) is 0 Å². The van der Waals surface area contributed by atoms with Gasteiger partial charge in [-0.15, -0.1) is 0 Å². The first-order chi connectivity index (χ1) is 20.6. The molecular weight excluding hydrogens is 585 g/mol. The van der Waals surface area contributed by atoms with Gasteiger partial charge in [0.2, 0.25) is 0 Å². The van der Waals surface area contributed by atoms with E-state index in [4.69, 9.17) is 4.74 Å². The quantitative estimate of drug-likeness (QED) is 0.196. The first kappa shape index (κ1) is 31.0. The molecule has 2 aromatic carbocycles. The topological polar surface area (TPSA) is 97.6 Å². The summed E-state index contributed by atoms with van der Waals surface area (Å²) in [4.78, 5) is 29.7. The molecular formula is C31H30F5N5O3. The molecule has 0 radical (unpaired) electrons. The average molecular weight is 616 g/mol. The maximum Gasteiger partial charge on any atom is 0.435 e. The number of benzene rings is 2. The van der Waals surface area contributed by atoms with E-state index in [0.29, 0.717) is 18.4 Å². The van der Waals surface area contributed by atoms with Crippen molar-refractivity contribution in [2.45, 2.75) is 71.4 Å². The SMILES string of the molecule is Cc1c(C(=O)OC(C)(C)C)ccc2c1CC[C@@H]2NCc1cc(C(=O)NCc2ccc(F)c(F)c2)nc2cc(C(F)(F)F)nn12. The molecule has 1 amide bonds. The second-order valence-electron chi connectivity index (χ2n) is 11.6. The summed E-state index contributed by atoms with van der Waals surface area (Å²) < 4.78 is 73.9. The fourth-order valence-electron chi connectivity index (χ4n) is 5.21. The highest BCUT2D eigenvalue weighted by molar-refractivity contribution is 5.93. The Morgan fingerprint density at radius 2 is 1.77 bits per heavy atom. The summed E-state index contributed by atoms with van der Waals surface area (Å²) in [7, 11) is 0. The summed E-state index contributed by atoms with van der Waals surface area (Å²) in [6.07, 6.45) is -3.38. The Labute approximate surface area is 249 Å². The molecule has 0 unspecified atom stereocenters. The fourth-order valence-corrected chi connectivity index (χ4v) is 5.21. The molecule has 4 aromatic rings. The predicted octanol–water partition coefficient (Wildman–Crippen LogP) is 6.00. The van der Waals surface area contributed by atoms with Crippen LogP contribution < -0.4 is 10.6 Å². The Balaban J connectivity index is 1.39. The van der Waals surface area contributed by atoms with E-state index in [1.54, 1.807) is 26.8 Å². The lowest BCUT2D eigenvalue weighted by Gasteiger charge is -2.21. The van der Waals surface area contributed by atoms with Crippen LogP contribution in [-0.4, -0.2) is 32.1 Å². The van der Waals surface area contributed by atoms with E-state index < -0.39 is 41.0 Å². The number of aromatic nitrogens is 3. The maximum atomic E-state index is 13.6. The Kier molecular flexibility index (Phi) is 8.19. The van der Waals surface area contributed by atoms with Crippen molar-refractivity contribution in [3.8, 4) is 0 Å². The zero-order valence-corrected chi connectivity index (χ0v) is 24.4. The third-order valence-electron chi connectivity index (χ3n) is 7.30. The van der Waals surface area contributed by atoms with Gasteiger partial charge in [0.25, 0.3) is 5.91 Å². The molecule has 2 N–H and O–H groups in total. The summed E-state index contributed by atoms with van der Waals surface area (Å²) >= 11 is 0. The Bertz CT molecular complexity index is 1760. The summed E-state index contributed by atoms with van der Waals surface area (Å²) in [5.74, 6) is -3.24. The number of ether oxygens (including phenoxy) is 1. The van der Waals surface area contributed by atoms with Gasteiger partial charge < -0.3 is 15.4 Å². The van der Waals surface area contributed by atoms with Gasteiger partial charge in [0.05, 0.1) is 11.3 Å². The van der Waals surface area contributed by atoms with Crippen LogP contribution in [0, 0.1) is 18.6 Å². The summed E-state index contributed by atoms with van der Waals surface area (Å²) in [5, 5.41) is 9.57. The largest absolute Gasteiger partial charge is 0.456 e. The molecule has 0 bridgehead atoms. The maximum absolute atomic E-state index is 13.6. The highest BCUT2D eigenvalue weighted by atomic mass is 19.4. The van der Waals surface area contributed by atoms with Crippen LogP contribution in [0.25, 0.3) is 5.65 Å². The molecule has 2 heterocycles. The minimum Gasteiger partial charge on any atom is -0.456 e. The molecule has 1 atom stereocenters. The molecule has 1 aliphatic rings. The van der Waals surface area contributed by atoms with Crippen molar-refractivity contribution < 1.29 is 36.3 Å². The molecule has 0 saturated carbocycles. The molecule has 1 aliphatic carbocycles. The molecule has 0 aliphatic heterocycles. The first-order valence-corrected chi connectivity index (χ1v) is 13.9. The minimum absolute atomic E-state index is 0.0401. The molecule has 0 fully saturated rings. The van der Waals surface area contributed by atoms with Gasteiger partial charge in [-0.2, -0.15) is 18.3 Å². The van der Waals surface area contributed by atoms with E-state index in [9.17, 15) is 31.5 Å². The third-order valence-corrected chi connectivity index (χ3v) is 7.30. The van der Waals surface area contributed by atoms with Gasteiger partial charge in [0.1, 0.15) is 11.3 Å². The number of rotatable bonds is 7. The van der Waals surface area contributed by atoms with Gasteiger partial charge in [-0.1, -0.05) is 12.1 Å². The Morgan fingerprint density at radius 3 is 2.45 bits per heavy atom. The van der Waals surface area contributed by atoms with Crippen LogP contribution in [0.4, 0.5) is 22.0 Å². The van der Waals surface area contributed by atoms with Crippen molar-refractivity contribution in [3.63, 3.8) is 0 Å². The fraction of sp³-hybridized carbons (Fsp3) is 0.355. The molecule has 2 aromatic heterocycles. The van der Waals surface area contributed by atoms with Crippen molar-refractivity contribution in [1.82, 2.24) is 25.2 Å². The van der Waals surface area contributed by atoms with E-state index in [0.717, 1.165) is 39.4 Å². The number of carbonyl (C=O) groups excluding carboxylic acids is 2. The number of amides is 1. The van der Waals surface area contributed by atoms with Crippen LogP contribution in [0.1, 0.15) is 87.7 Å². The number of halogens is 5. The molecule has 13 heteroatoms. The second-order valence-corrected chi connectivity index (χ2v) is 11.6. The summed E-state index contributed by atoms with van der Waals surface area (Å²) in [6.45, 7) is 7.12. The number of nitrogens with zero attached hydrogens (tertiary/aromatic N) is 3. The van der Waals surface area contributed by atoms with Crippen LogP contribution in [0.15, 0.2) is 42.5 Å². The molecule has 5 rings (SSSR count). The smallest absolute Gasteiger partial charge is 0.435 e. The van der Waals surface area contributed by atoms with E-state index in [1.807, 2.05) is 13.0 Å². The van der Waals surface area contributed by atoms with Gasteiger partial charge in [0.15, 0.2) is 23.0 Å². The standard InChI is InChI=1S/C31H30F5N5O3/c1-16-19-8-10-24(21(19)7-6-20(16)29(43)44-30(2,3)4)37-15-18-12-25(39-27-13-26(31(34,35)36)40-41(18)27)28(42)38-14-17-5-9-22(32)23(33)11-17/h5-7,9,11-13,24,37H,8,10,14-15H2,1-4H3,(H,38,42)/t24-/m0/s1. The number of hydrogen-bond acceptors (Lipinski definition) is 6. The van der Waals surface area contributed by atoms with Gasteiger partial charge in [0, 0.05) is 25.2 Å². The lowest BCUT2D eigenvalue weighted by Crippen LogP contribution is -2.26. The van der Waals surface area contributed by atoms with E-state index >= 15 is 0 Å². The van der Waals surface area contributed by atoms with Crippen LogP contribution >= 0.6 is 0 Å². The Hall–Kier alpha value is -4.39. The van der Waals surface area contributed by atoms with E-state index in [-0.39, 0.29) is 41.7 Å². The normalized spacial score (nSPS) is 15.0. The highest BCUT2D eigenvalue weighted by Crippen LogP contribution is 2.35. The van der Waals surface area contributed by atoms with Crippen molar-refractivity contribution in [3.05, 3.63) is 99.0 Å². The van der Waals surface area contributed by atoms with Crippen molar-refractivity contribution in [1.29, 1.82) is 0 Å². The molecule has 8 nitrogen and oxygen atoms in total. The summed E-state index contributed by atoms with van der Waals surface area (Å²) in [6, 6.07) is 8.63. The lowest BCUT2D eigenvalue weighted by atomic mass is 9.97. The monoisotopic (exact) mass is 615 g/mol. The van der Waals surface area contributed by atoms with Crippen LogP contribution in [0.3, 0.4) is 0 Å². The van der Waals surface area contributed by atoms with Gasteiger partial charge in [-0.25, -0.2) is 23.1 Å². The van der Waals surface area contributed by atoms with Gasteiger partial charge >= 0.3 is 12.1 Å². The number of alkyl halides is 3. The lowest BCUT2D eigenvalue weighted by molar-refractivity contribution is -0.141. The summed E-state index contributed by atoms with van der Waals surface area (Å²) in [5.41, 5.74) is 1.63. The number of hydrogen-bond donors (Lipinski definition) is 2. The van der Waals surface area contributed by atoms with Gasteiger partial charge in [-0.05, 0) is 87.1 Å². The van der Waals surface area contributed by atoms with Gasteiger partial charge in [-0.3, -0.25) is 4.79 Å². The van der Waals surface area contributed by atoms with Crippen molar-refractivity contribution >= 4 is 17.5 Å². The molecule has 232 valence electrons. The Morgan fingerprint density at radius 1 is 1.02 bits per heavy atom. The van der Waals surface area contributed by atoms with Crippen LogP contribution in [-0.2, 0) is 30.4 Å². The number of fused-ring (bicyclic) bond motifs is 2. The van der Waals surface area contributed by atoms with Crippen molar-refractivity contribution in [2.24, 2.45) is 0 Å². The van der Waals surface area contributed by atoms with E-state index in [2.05, 4.69) is 20.7 Å². The van der Waals surface area contributed by atoms with E-state index in [1.165, 1.54) is 12.1 Å². The van der Waals surface area contributed by atoms with Crippen LogP contribution in [0.5, 0.6) is 0 Å².